The number of aromatic nitrogens is 4. The van der Waals surface area contributed by atoms with Crippen molar-refractivity contribution in [2.45, 2.75) is 32.2 Å². The summed E-state index contributed by atoms with van der Waals surface area (Å²) in [5.74, 6) is -0.358. The Bertz CT molecular complexity index is 1390. The maximum absolute atomic E-state index is 13.5. The number of alkyl halides is 6. The second-order valence-corrected chi connectivity index (χ2v) is 7.84. The van der Waals surface area contributed by atoms with E-state index >= 15 is 0 Å². The highest BCUT2D eigenvalue weighted by Crippen LogP contribution is 2.40. The minimum atomic E-state index is -5.02. The number of carbonyl (C=O) groups is 1. The number of amides is 1. The molecule has 0 saturated heterocycles. The molecule has 0 spiro atoms. The highest BCUT2D eigenvalue weighted by Gasteiger charge is 2.39. The lowest BCUT2D eigenvalue weighted by Crippen LogP contribution is -2.18. The molecule has 0 aliphatic carbocycles. The molecule has 0 bridgehead atoms. The third kappa shape index (κ3) is 4.95. The first kappa shape index (κ1) is 24.9. The molecule has 1 atom stereocenters. The van der Waals surface area contributed by atoms with E-state index in [0.29, 0.717) is 23.1 Å². The molecule has 0 radical (unpaired) electrons. The second-order valence-electron chi connectivity index (χ2n) is 7.84. The summed E-state index contributed by atoms with van der Waals surface area (Å²) >= 11 is 0. The number of pyridine rings is 1. The summed E-state index contributed by atoms with van der Waals surface area (Å²) in [7, 11) is 0. The van der Waals surface area contributed by atoms with Crippen molar-refractivity contribution in [3.63, 3.8) is 0 Å². The Hall–Kier alpha value is -4.16. The van der Waals surface area contributed by atoms with Crippen LogP contribution < -0.4 is 5.32 Å². The first-order valence-corrected chi connectivity index (χ1v) is 10.4. The predicted molar refractivity (Wildman–Crippen MR) is 115 cm³/mol. The number of benzene rings is 1. The lowest BCUT2D eigenvalue weighted by atomic mass is 9.98. The second kappa shape index (κ2) is 9.13. The van der Waals surface area contributed by atoms with Crippen LogP contribution >= 0.6 is 0 Å². The number of halogens is 6. The SMILES string of the molecule is Cc1c(C(=O)Nc2cnn(C(C)c3ccc(C(F)(F)F)cc3C(F)(F)F)c2)noc1-c1ccccn1. The molecule has 0 saturated carbocycles. The number of nitrogens with one attached hydrogen (secondary N) is 1. The van der Waals surface area contributed by atoms with Gasteiger partial charge in [-0.1, -0.05) is 17.3 Å². The zero-order valence-corrected chi connectivity index (χ0v) is 18.6. The minimum absolute atomic E-state index is 0.0291. The van der Waals surface area contributed by atoms with Crippen LogP contribution in [0.4, 0.5) is 32.0 Å². The van der Waals surface area contributed by atoms with Gasteiger partial charge in [-0.15, -0.1) is 0 Å². The van der Waals surface area contributed by atoms with Crippen LogP contribution in [0.1, 0.15) is 45.7 Å². The number of hydrogen-bond donors (Lipinski definition) is 1. The first-order valence-electron chi connectivity index (χ1n) is 10.4. The molecule has 3 aromatic heterocycles. The van der Waals surface area contributed by atoms with Gasteiger partial charge in [0.1, 0.15) is 5.69 Å². The summed E-state index contributed by atoms with van der Waals surface area (Å²) < 4.78 is 85.9. The van der Waals surface area contributed by atoms with Gasteiger partial charge in [0.05, 0.1) is 29.1 Å². The number of carbonyl (C=O) groups excluding carboxylic acids is 1. The summed E-state index contributed by atoms with van der Waals surface area (Å²) in [6, 6.07) is 5.46. The van der Waals surface area contributed by atoms with Gasteiger partial charge in [0.15, 0.2) is 11.5 Å². The summed E-state index contributed by atoms with van der Waals surface area (Å²) in [5, 5.41) is 10.3. The third-order valence-electron chi connectivity index (χ3n) is 5.43. The van der Waals surface area contributed by atoms with Crippen LogP contribution in [0.2, 0.25) is 0 Å². The van der Waals surface area contributed by atoms with Crippen LogP contribution in [0.5, 0.6) is 0 Å². The van der Waals surface area contributed by atoms with Crippen molar-refractivity contribution in [1.82, 2.24) is 19.9 Å². The number of rotatable bonds is 5. The monoisotopic (exact) mass is 509 g/mol. The first-order chi connectivity index (χ1) is 16.9. The largest absolute Gasteiger partial charge is 0.416 e. The van der Waals surface area contributed by atoms with Gasteiger partial charge in [0.2, 0.25) is 0 Å². The molecule has 13 heteroatoms. The molecule has 1 unspecified atom stereocenters. The van der Waals surface area contributed by atoms with Crippen LogP contribution in [-0.4, -0.2) is 25.8 Å². The molecule has 3 heterocycles. The maximum atomic E-state index is 13.5. The van der Waals surface area contributed by atoms with Crippen molar-refractivity contribution >= 4 is 11.6 Å². The smallest absolute Gasteiger partial charge is 0.354 e. The van der Waals surface area contributed by atoms with E-state index in [0.717, 1.165) is 10.7 Å². The number of anilines is 1. The van der Waals surface area contributed by atoms with Gasteiger partial charge in [-0.2, -0.15) is 31.4 Å². The average Bonchev–Trinajstić information content (AvgIpc) is 3.44. The van der Waals surface area contributed by atoms with E-state index < -0.39 is 41.0 Å². The highest BCUT2D eigenvalue weighted by molar-refractivity contribution is 6.04. The van der Waals surface area contributed by atoms with Gasteiger partial charge in [0, 0.05) is 18.0 Å². The Labute approximate surface area is 199 Å². The van der Waals surface area contributed by atoms with Crippen molar-refractivity contribution in [2.24, 2.45) is 0 Å². The normalized spacial score (nSPS) is 13.0. The molecule has 4 rings (SSSR count). The van der Waals surface area contributed by atoms with Gasteiger partial charge in [0.25, 0.3) is 5.91 Å². The third-order valence-corrected chi connectivity index (χ3v) is 5.43. The van der Waals surface area contributed by atoms with Crippen LogP contribution in [0.15, 0.2) is 59.5 Å². The molecule has 4 aromatic rings. The van der Waals surface area contributed by atoms with E-state index in [4.69, 9.17) is 4.52 Å². The lowest BCUT2D eigenvalue weighted by molar-refractivity contribution is -0.143. The summed E-state index contributed by atoms with van der Waals surface area (Å²) in [4.78, 5) is 16.8. The summed E-state index contributed by atoms with van der Waals surface area (Å²) in [6.07, 6.45) is -5.95. The molecule has 36 heavy (non-hydrogen) atoms. The van der Waals surface area contributed by atoms with Crippen molar-refractivity contribution in [3.05, 3.63) is 82.9 Å². The standard InChI is InChI=1S/C23H17F6N5O2/c1-12-19(33-36-20(12)18-5-3-4-8-30-18)21(35)32-15-10-31-34(11-15)13(2)16-7-6-14(22(24,25)26)9-17(16)23(27,28)29/h3-11,13H,1-2H3,(H,32,35). The number of nitrogens with zero attached hydrogens (tertiary/aromatic N) is 4. The molecule has 1 aromatic carbocycles. The minimum Gasteiger partial charge on any atom is -0.354 e. The van der Waals surface area contributed by atoms with E-state index in [9.17, 15) is 31.1 Å². The Morgan fingerprint density at radius 2 is 1.83 bits per heavy atom. The Morgan fingerprint density at radius 3 is 2.47 bits per heavy atom. The van der Waals surface area contributed by atoms with Crippen LogP contribution in [-0.2, 0) is 12.4 Å². The molecule has 7 nitrogen and oxygen atoms in total. The molecule has 0 fully saturated rings. The molecular weight excluding hydrogens is 492 g/mol. The van der Waals surface area contributed by atoms with E-state index in [2.05, 4.69) is 20.6 Å². The van der Waals surface area contributed by atoms with Crippen LogP contribution in [0.25, 0.3) is 11.5 Å². The zero-order chi connectivity index (χ0) is 26.3. The molecule has 188 valence electrons. The predicted octanol–water partition coefficient (Wildman–Crippen LogP) is 6.14. The highest BCUT2D eigenvalue weighted by atomic mass is 19.4. The van der Waals surface area contributed by atoms with E-state index in [1.165, 1.54) is 19.3 Å². The van der Waals surface area contributed by atoms with Crippen molar-refractivity contribution in [1.29, 1.82) is 0 Å². The quantitative estimate of drug-likeness (QED) is 0.327. The molecule has 1 amide bonds. The van der Waals surface area contributed by atoms with Gasteiger partial charge < -0.3 is 9.84 Å². The van der Waals surface area contributed by atoms with Crippen molar-refractivity contribution < 1.29 is 35.7 Å². The topological polar surface area (TPSA) is 85.8 Å². The molecule has 0 aliphatic heterocycles. The molecule has 0 aliphatic rings. The van der Waals surface area contributed by atoms with Gasteiger partial charge >= 0.3 is 12.4 Å². The Kier molecular flexibility index (Phi) is 6.33. The van der Waals surface area contributed by atoms with Gasteiger partial charge in [-0.3, -0.25) is 14.5 Å². The summed E-state index contributed by atoms with van der Waals surface area (Å²) in [5.41, 5.74) is -2.25. The number of hydrogen-bond acceptors (Lipinski definition) is 5. The van der Waals surface area contributed by atoms with Gasteiger partial charge in [-0.05, 0) is 43.7 Å². The van der Waals surface area contributed by atoms with Crippen molar-refractivity contribution in [2.75, 3.05) is 5.32 Å². The van der Waals surface area contributed by atoms with Crippen LogP contribution in [0, 0.1) is 6.92 Å². The fourth-order valence-corrected chi connectivity index (χ4v) is 3.57. The Morgan fingerprint density at radius 1 is 1.08 bits per heavy atom. The fourth-order valence-electron chi connectivity index (χ4n) is 3.57. The molecule has 1 N–H and O–H groups in total. The van der Waals surface area contributed by atoms with E-state index in [1.54, 1.807) is 31.3 Å². The van der Waals surface area contributed by atoms with Crippen molar-refractivity contribution in [3.8, 4) is 11.5 Å². The maximum Gasteiger partial charge on any atom is 0.416 e. The molecular formula is C23H17F6N5O2. The van der Waals surface area contributed by atoms with E-state index in [-0.39, 0.29) is 17.4 Å². The van der Waals surface area contributed by atoms with E-state index in [1.807, 2.05) is 0 Å². The zero-order valence-electron chi connectivity index (χ0n) is 18.6. The lowest BCUT2D eigenvalue weighted by Gasteiger charge is -2.20. The van der Waals surface area contributed by atoms with Crippen LogP contribution in [0.3, 0.4) is 0 Å². The summed E-state index contributed by atoms with van der Waals surface area (Å²) in [6.45, 7) is 2.96. The fraction of sp³-hybridized carbons (Fsp3) is 0.217. The average molecular weight is 509 g/mol. The Balaban J connectivity index is 1.57. The van der Waals surface area contributed by atoms with Gasteiger partial charge in [-0.25, -0.2) is 0 Å².